The van der Waals surface area contributed by atoms with Crippen molar-refractivity contribution in [1.29, 1.82) is 0 Å². The van der Waals surface area contributed by atoms with Crippen LogP contribution in [0.2, 0.25) is 0 Å². The van der Waals surface area contributed by atoms with Crippen LogP contribution < -0.4 is 15.4 Å². The minimum atomic E-state index is -4.36. The number of carbonyl (C=O) groups excluding carboxylic acids is 1. The zero-order chi connectivity index (χ0) is 15.0. The van der Waals surface area contributed by atoms with Gasteiger partial charge in [-0.05, 0) is 37.2 Å². The summed E-state index contributed by atoms with van der Waals surface area (Å²) >= 11 is 0. The predicted octanol–water partition coefficient (Wildman–Crippen LogP) is 2.57. The lowest BCUT2D eigenvalue weighted by Gasteiger charge is -2.10. The Hall–Kier alpha value is -1.76. The molecule has 0 bridgehead atoms. The van der Waals surface area contributed by atoms with Crippen molar-refractivity contribution < 1.29 is 22.7 Å². The van der Waals surface area contributed by atoms with Crippen LogP contribution in [0.5, 0.6) is 5.75 Å². The SMILES string of the molecule is CCCNCC(=O)Nc1ccc(OCC(F)(F)F)cc1. The van der Waals surface area contributed by atoms with Crippen LogP contribution >= 0.6 is 0 Å². The highest BCUT2D eigenvalue weighted by molar-refractivity contribution is 5.92. The summed E-state index contributed by atoms with van der Waals surface area (Å²) in [5.74, 6) is -0.105. The van der Waals surface area contributed by atoms with E-state index in [1.807, 2.05) is 6.92 Å². The molecule has 0 aliphatic rings. The Morgan fingerprint density at radius 1 is 1.25 bits per heavy atom. The smallest absolute Gasteiger partial charge is 0.422 e. The first-order chi connectivity index (χ1) is 9.40. The second-order valence-corrected chi connectivity index (χ2v) is 4.15. The molecule has 0 atom stereocenters. The summed E-state index contributed by atoms with van der Waals surface area (Å²) in [5.41, 5.74) is 0.507. The number of hydrogen-bond acceptors (Lipinski definition) is 3. The zero-order valence-electron chi connectivity index (χ0n) is 11.1. The lowest BCUT2D eigenvalue weighted by molar-refractivity contribution is -0.153. The van der Waals surface area contributed by atoms with Gasteiger partial charge in [-0.15, -0.1) is 0 Å². The average molecular weight is 290 g/mol. The lowest BCUT2D eigenvalue weighted by atomic mass is 10.3. The fourth-order valence-electron chi connectivity index (χ4n) is 1.38. The molecule has 0 radical (unpaired) electrons. The first-order valence-electron chi connectivity index (χ1n) is 6.21. The number of benzene rings is 1. The van der Waals surface area contributed by atoms with Gasteiger partial charge in [-0.2, -0.15) is 13.2 Å². The van der Waals surface area contributed by atoms with Crippen molar-refractivity contribution in [3.8, 4) is 5.75 Å². The molecule has 0 aliphatic carbocycles. The van der Waals surface area contributed by atoms with Gasteiger partial charge < -0.3 is 15.4 Å². The molecule has 1 rings (SSSR count). The highest BCUT2D eigenvalue weighted by atomic mass is 19.4. The number of nitrogens with one attached hydrogen (secondary N) is 2. The van der Waals surface area contributed by atoms with E-state index in [9.17, 15) is 18.0 Å². The van der Waals surface area contributed by atoms with Gasteiger partial charge in [0.25, 0.3) is 0 Å². The minimum absolute atomic E-state index is 0.101. The van der Waals surface area contributed by atoms with Crippen molar-refractivity contribution in [2.45, 2.75) is 19.5 Å². The van der Waals surface area contributed by atoms with Gasteiger partial charge >= 0.3 is 6.18 Å². The van der Waals surface area contributed by atoms with Crippen LogP contribution in [-0.2, 0) is 4.79 Å². The van der Waals surface area contributed by atoms with Crippen molar-refractivity contribution in [2.75, 3.05) is 25.0 Å². The summed E-state index contributed by atoms with van der Waals surface area (Å²) in [7, 11) is 0. The van der Waals surface area contributed by atoms with E-state index in [2.05, 4.69) is 15.4 Å². The van der Waals surface area contributed by atoms with Crippen LogP contribution in [0.1, 0.15) is 13.3 Å². The largest absolute Gasteiger partial charge is 0.484 e. The number of halogens is 3. The maximum absolute atomic E-state index is 12.0. The molecule has 0 saturated carbocycles. The van der Waals surface area contributed by atoms with Crippen molar-refractivity contribution in [3.05, 3.63) is 24.3 Å². The number of rotatable bonds is 7. The maximum atomic E-state index is 12.0. The Morgan fingerprint density at radius 3 is 2.45 bits per heavy atom. The quantitative estimate of drug-likeness (QED) is 0.759. The molecule has 0 fully saturated rings. The van der Waals surface area contributed by atoms with Gasteiger partial charge in [0, 0.05) is 5.69 Å². The molecule has 7 heteroatoms. The summed E-state index contributed by atoms with van der Waals surface area (Å²) < 4.78 is 40.4. The standard InChI is InChI=1S/C13H17F3N2O2/c1-2-7-17-8-12(19)18-10-3-5-11(6-4-10)20-9-13(14,15)16/h3-6,17H,2,7-9H2,1H3,(H,18,19). The van der Waals surface area contributed by atoms with Crippen LogP contribution in [0.4, 0.5) is 18.9 Å². The van der Waals surface area contributed by atoms with E-state index in [4.69, 9.17) is 0 Å². The van der Waals surface area contributed by atoms with E-state index in [0.717, 1.165) is 13.0 Å². The Morgan fingerprint density at radius 2 is 1.90 bits per heavy atom. The van der Waals surface area contributed by atoms with Gasteiger partial charge in [-0.3, -0.25) is 4.79 Å². The summed E-state index contributed by atoms with van der Waals surface area (Å²) in [6.45, 7) is 1.60. The Bertz CT molecular complexity index is 419. The molecule has 1 aromatic rings. The molecule has 0 aromatic heterocycles. The molecule has 0 saturated heterocycles. The van der Waals surface area contributed by atoms with E-state index in [1.165, 1.54) is 24.3 Å². The molecule has 4 nitrogen and oxygen atoms in total. The normalized spacial score (nSPS) is 11.2. The third-order valence-corrected chi connectivity index (χ3v) is 2.25. The van der Waals surface area contributed by atoms with Gasteiger partial charge in [-0.1, -0.05) is 6.92 Å². The molecule has 0 spiro atoms. The third-order valence-electron chi connectivity index (χ3n) is 2.25. The molecule has 2 N–H and O–H groups in total. The van der Waals surface area contributed by atoms with Gasteiger partial charge in [0.05, 0.1) is 6.54 Å². The molecule has 1 aromatic carbocycles. The number of anilines is 1. The molecule has 1 amide bonds. The number of alkyl halides is 3. The maximum Gasteiger partial charge on any atom is 0.422 e. The number of ether oxygens (including phenoxy) is 1. The number of amides is 1. The van der Waals surface area contributed by atoms with E-state index >= 15 is 0 Å². The van der Waals surface area contributed by atoms with E-state index < -0.39 is 12.8 Å². The summed E-state index contributed by atoms with van der Waals surface area (Å²) in [6.07, 6.45) is -3.43. The zero-order valence-corrected chi connectivity index (χ0v) is 11.1. The monoisotopic (exact) mass is 290 g/mol. The fraction of sp³-hybridized carbons (Fsp3) is 0.462. The summed E-state index contributed by atoms with van der Waals surface area (Å²) in [5, 5.41) is 5.56. The Balaban J connectivity index is 2.40. The van der Waals surface area contributed by atoms with Crippen LogP contribution in [0.25, 0.3) is 0 Å². The highest BCUT2D eigenvalue weighted by Gasteiger charge is 2.28. The minimum Gasteiger partial charge on any atom is -0.484 e. The van der Waals surface area contributed by atoms with Crippen molar-refractivity contribution in [2.24, 2.45) is 0 Å². The first kappa shape index (κ1) is 16.3. The van der Waals surface area contributed by atoms with Gasteiger partial charge in [0.2, 0.25) is 5.91 Å². The topological polar surface area (TPSA) is 50.4 Å². The van der Waals surface area contributed by atoms with Crippen LogP contribution in [-0.4, -0.2) is 31.8 Å². The molecule has 0 unspecified atom stereocenters. The predicted molar refractivity (Wildman–Crippen MR) is 69.8 cm³/mol. The van der Waals surface area contributed by atoms with E-state index in [0.29, 0.717) is 5.69 Å². The van der Waals surface area contributed by atoms with Gasteiger partial charge in [0.15, 0.2) is 6.61 Å². The second kappa shape index (κ2) is 7.74. The Labute approximate surface area is 115 Å². The van der Waals surface area contributed by atoms with Crippen molar-refractivity contribution in [3.63, 3.8) is 0 Å². The molecule has 0 heterocycles. The number of hydrogen-bond donors (Lipinski definition) is 2. The van der Waals surface area contributed by atoms with E-state index in [1.54, 1.807) is 0 Å². The average Bonchev–Trinajstić information content (AvgIpc) is 2.37. The van der Waals surface area contributed by atoms with Crippen LogP contribution in [0.15, 0.2) is 24.3 Å². The third kappa shape index (κ3) is 6.98. The van der Waals surface area contributed by atoms with Gasteiger partial charge in [0.1, 0.15) is 5.75 Å². The van der Waals surface area contributed by atoms with Gasteiger partial charge in [-0.25, -0.2) is 0 Å². The van der Waals surface area contributed by atoms with E-state index in [-0.39, 0.29) is 18.2 Å². The first-order valence-corrected chi connectivity index (χ1v) is 6.21. The van der Waals surface area contributed by atoms with Crippen molar-refractivity contribution in [1.82, 2.24) is 5.32 Å². The molecular weight excluding hydrogens is 273 g/mol. The van der Waals surface area contributed by atoms with Crippen molar-refractivity contribution >= 4 is 11.6 Å². The molecule has 112 valence electrons. The fourth-order valence-corrected chi connectivity index (χ4v) is 1.38. The lowest BCUT2D eigenvalue weighted by Crippen LogP contribution is -2.28. The summed E-state index contributed by atoms with van der Waals surface area (Å²) in [6, 6.07) is 5.73. The summed E-state index contributed by atoms with van der Waals surface area (Å²) in [4.78, 5) is 11.5. The number of carbonyl (C=O) groups is 1. The second-order valence-electron chi connectivity index (χ2n) is 4.15. The highest BCUT2D eigenvalue weighted by Crippen LogP contribution is 2.20. The van der Waals surface area contributed by atoms with Crippen LogP contribution in [0.3, 0.4) is 0 Å². The molecule has 0 aliphatic heterocycles. The Kier molecular flexibility index (Phi) is 6.30. The molecule has 20 heavy (non-hydrogen) atoms. The molecular formula is C13H17F3N2O2. The van der Waals surface area contributed by atoms with Crippen LogP contribution in [0, 0.1) is 0 Å².